The lowest BCUT2D eigenvalue weighted by molar-refractivity contribution is -0.927. The molecule has 0 bridgehead atoms. The highest BCUT2D eigenvalue weighted by Crippen LogP contribution is 2.10. The molecule has 0 aromatic heterocycles. The Bertz CT molecular complexity index is 57.4. The third kappa shape index (κ3) is 3.45. The van der Waals surface area contributed by atoms with E-state index < -0.39 is 0 Å². The maximum atomic E-state index is 2.27. The lowest BCUT2D eigenvalue weighted by atomic mass is 10.2. The summed E-state index contributed by atoms with van der Waals surface area (Å²) in [5.41, 5.74) is 0. The molecule has 0 amide bonds. The molecule has 0 saturated carbocycles. The van der Waals surface area contributed by atoms with Gasteiger partial charge in [0.25, 0.3) is 0 Å². The van der Waals surface area contributed by atoms with Gasteiger partial charge in [-0.2, -0.15) is 0 Å². The van der Waals surface area contributed by atoms with Gasteiger partial charge >= 0.3 is 0 Å². The normalized spacial score (nSPS) is 21.8. The van der Waals surface area contributed by atoms with Gasteiger partial charge in [0, 0.05) is 6.42 Å². The quantitative estimate of drug-likeness (QED) is 0.465. The van der Waals surface area contributed by atoms with E-state index in [4.69, 9.17) is 0 Å². The van der Waals surface area contributed by atoms with Crippen LogP contribution in [0.4, 0.5) is 0 Å². The van der Waals surface area contributed by atoms with Gasteiger partial charge in [0.05, 0.1) is 27.2 Å². The highest BCUT2D eigenvalue weighted by atomic mass is 127. The molecule has 1 aliphatic rings. The summed E-state index contributed by atoms with van der Waals surface area (Å²) in [4.78, 5) is 0. The summed E-state index contributed by atoms with van der Waals surface area (Å²) in [5.74, 6) is 0. The van der Waals surface area contributed by atoms with E-state index in [-0.39, 0.29) is 48.0 Å². The van der Waals surface area contributed by atoms with Crippen LogP contribution in [0.1, 0.15) is 6.42 Å². The van der Waals surface area contributed by atoms with Crippen molar-refractivity contribution < 1.29 is 4.48 Å². The molecule has 1 fully saturated rings. The third-order valence-corrected chi connectivity index (χ3v) is 1.53. The van der Waals surface area contributed by atoms with Crippen molar-refractivity contribution in [2.24, 2.45) is 0 Å². The molecule has 0 atom stereocenters. The molecule has 0 N–H and O–H groups in total. The van der Waals surface area contributed by atoms with Crippen LogP contribution in [0.25, 0.3) is 0 Å². The summed E-state index contributed by atoms with van der Waals surface area (Å²) >= 11 is 0. The Kier molecular flexibility index (Phi) is 6.47. The van der Waals surface area contributed by atoms with Crippen molar-refractivity contribution in [2.75, 3.05) is 27.2 Å². The second kappa shape index (κ2) is 4.27. The SMILES string of the molecule is C[N+]1(C)CCC1.I.I. The fraction of sp³-hybridized carbons (Fsp3) is 1.00. The Hall–Kier alpha value is 1.42. The summed E-state index contributed by atoms with van der Waals surface area (Å²) in [6, 6.07) is 0. The minimum absolute atomic E-state index is 0. The van der Waals surface area contributed by atoms with Crippen LogP contribution in [0, 0.1) is 0 Å². The highest BCUT2D eigenvalue weighted by Gasteiger charge is 2.23. The number of quaternary nitrogens is 1. The minimum Gasteiger partial charge on any atom is -0.328 e. The largest absolute Gasteiger partial charge is 0.328 e. The predicted octanol–water partition coefficient (Wildman–Crippen LogP) is 1.70. The first kappa shape index (κ1) is 12.1. The predicted molar refractivity (Wildman–Crippen MR) is 57.3 cm³/mol. The van der Waals surface area contributed by atoms with Crippen molar-refractivity contribution in [3.63, 3.8) is 0 Å². The van der Waals surface area contributed by atoms with Gasteiger partial charge in [0.1, 0.15) is 0 Å². The first-order valence-electron chi connectivity index (χ1n) is 2.53. The summed E-state index contributed by atoms with van der Waals surface area (Å²) in [5, 5.41) is 0. The second-order valence-electron chi connectivity index (χ2n) is 2.74. The van der Waals surface area contributed by atoms with Crippen LogP contribution in [0.5, 0.6) is 0 Å². The molecule has 0 aromatic rings. The van der Waals surface area contributed by atoms with Crippen molar-refractivity contribution in [1.82, 2.24) is 0 Å². The van der Waals surface area contributed by atoms with Gasteiger partial charge in [-0.1, -0.05) is 0 Å². The molecule has 0 unspecified atom stereocenters. The van der Waals surface area contributed by atoms with Crippen LogP contribution in [0.15, 0.2) is 0 Å². The standard InChI is InChI=1S/C5H12N.2HI/c1-6(2)4-3-5-6;;/h3-5H2,1-2H3;2*1H/q+1;;. The lowest BCUT2D eigenvalue weighted by Gasteiger charge is -2.37. The van der Waals surface area contributed by atoms with E-state index in [1.165, 1.54) is 24.0 Å². The van der Waals surface area contributed by atoms with Gasteiger partial charge in [0.15, 0.2) is 0 Å². The molecule has 3 heteroatoms. The van der Waals surface area contributed by atoms with Crippen LogP contribution in [0.3, 0.4) is 0 Å². The zero-order valence-corrected chi connectivity index (χ0v) is 10.0. The average Bonchev–Trinajstić information content (AvgIpc) is 1.32. The first-order valence-corrected chi connectivity index (χ1v) is 2.53. The van der Waals surface area contributed by atoms with Gasteiger partial charge in [-0.15, -0.1) is 48.0 Å². The molecule has 8 heavy (non-hydrogen) atoms. The van der Waals surface area contributed by atoms with Crippen LogP contribution >= 0.6 is 48.0 Å². The molecule has 52 valence electrons. The zero-order chi connectivity index (χ0) is 4.62. The Morgan fingerprint density at radius 3 is 1.25 bits per heavy atom. The molecule has 0 radical (unpaired) electrons. The Balaban J connectivity index is 0. The van der Waals surface area contributed by atoms with Crippen molar-refractivity contribution in [1.29, 1.82) is 0 Å². The third-order valence-electron chi connectivity index (χ3n) is 1.53. The van der Waals surface area contributed by atoms with Crippen LogP contribution in [0.2, 0.25) is 0 Å². The van der Waals surface area contributed by atoms with Gasteiger partial charge in [-0.3, -0.25) is 0 Å². The molecule has 0 spiro atoms. The topological polar surface area (TPSA) is 0 Å². The summed E-state index contributed by atoms with van der Waals surface area (Å²) in [6.07, 6.45) is 1.44. The van der Waals surface area contributed by atoms with Crippen molar-refractivity contribution in [3.8, 4) is 0 Å². The average molecular weight is 342 g/mol. The highest BCUT2D eigenvalue weighted by molar-refractivity contribution is 14.0. The number of likely N-dealkylation sites (tertiary alicyclic amines) is 1. The van der Waals surface area contributed by atoms with E-state index in [2.05, 4.69) is 14.1 Å². The number of rotatable bonds is 0. The van der Waals surface area contributed by atoms with Crippen molar-refractivity contribution in [3.05, 3.63) is 0 Å². The number of halogens is 2. The number of nitrogens with zero attached hydrogens (tertiary/aromatic N) is 1. The smallest absolute Gasteiger partial charge is 0.0836 e. The molecule has 1 nitrogen and oxygen atoms in total. The Morgan fingerprint density at radius 2 is 1.25 bits per heavy atom. The number of hydrogen-bond donors (Lipinski definition) is 0. The van der Waals surface area contributed by atoms with E-state index in [0.717, 1.165) is 0 Å². The molecule has 0 aliphatic carbocycles. The Morgan fingerprint density at radius 1 is 1.00 bits per heavy atom. The van der Waals surface area contributed by atoms with E-state index in [1.54, 1.807) is 0 Å². The van der Waals surface area contributed by atoms with E-state index in [9.17, 15) is 0 Å². The molecule has 1 saturated heterocycles. The van der Waals surface area contributed by atoms with Gasteiger partial charge in [-0.05, 0) is 0 Å². The summed E-state index contributed by atoms with van der Waals surface area (Å²) in [7, 11) is 4.53. The minimum atomic E-state index is 0. The first-order chi connectivity index (χ1) is 2.71. The molecular weight excluding hydrogens is 328 g/mol. The molecule has 1 rings (SSSR count). The Labute approximate surface area is 85.5 Å². The van der Waals surface area contributed by atoms with E-state index in [0.29, 0.717) is 0 Å². The maximum absolute atomic E-state index is 2.27. The van der Waals surface area contributed by atoms with Crippen LogP contribution in [-0.2, 0) is 0 Å². The van der Waals surface area contributed by atoms with Gasteiger partial charge in [0.2, 0.25) is 0 Å². The van der Waals surface area contributed by atoms with E-state index in [1.807, 2.05) is 0 Å². The fourth-order valence-electron chi connectivity index (χ4n) is 0.791. The molecule has 0 aromatic carbocycles. The molecular formula is C5H14I2N+. The van der Waals surface area contributed by atoms with Crippen LogP contribution < -0.4 is 0 Å². The molecule has 1 aliphatic heterocycles. The monoisotopic (exact) mass is 342 g/mol. The second-order valence-corrected chi connectivity index (χ2v) is 2.74. The van der Waals surface area contributed by atoms with Gasteiger partial charge in [-0.25, -0.2) is 0 Å². The number of hydrogen-bond acceptors (Lipinski definition) is 0. The van der Waals surface area contributed by atoms with Gasteiger partial charge < -0.3 is 4.48 Å². The lowest BCUT2D eigenvalue weighted by Crippen LogP contribution is -2.50. The van der Waals surface area contributed by atoms with Crippen molar-refractivity contribution in [2.45, 2.75) is 6.42 Å². The van der Waals surface area contributed by atoms with E-state index >= 15 is 0 Å². The fourth-order valence-corrected chi connectivity index (χ4v) is 0.791. The van der Waals surface area contributed by atoms with Crippen molar-refractivity contribution >= 4 is 48.0 Å². The van der Waals surface area contributed by atoms with Crippen LogP contribution in [-0.4, -0.2) is 31.7 Å². The molecule has 1 heterocycles. The zero-order valence-electron chi connectivity index (χ0n) is 5.39. The summed E-state index contributed by atoms with van der Waals surface area (Å²) < 4.78 is 1.25. The maximum Gasteiger partial charge on any atom is 0.0836 e. The summed E-state index contributed by atoms with van der Waals surface area (Å²) in [6.45, 7) is 2.78.